The first kappa shape index (κ1) is 21.1. The first-order valence-electron chi connectivity index (χ1n) is 10.9. The highest BCUT2D eigenvalue weighted by Crippen LogP contribution is 2.40. The van der Waals surface area contributed by atoms with Crippen molar-refractivity contribution < 1.29 is 13.2 Å². The topological polar surface area (TPSA) is 104 Å². The van der Waals surface area contributed by atoms with Crippen LogP contribution in [-0.4, -0.2) is 69.9 Å². The van der Waals surface area contributed by atoms with Crippen molar-refractivity contribution in [2.45, 2.75) is 51.3 Å². The van der Waals surface area contributed by atoms with Crippen molar-refractivity contribution in [2.75, 3.05) is 24.2 Å². The molecule has 1 aromatic carbocycles. The van der Waals surface area contributed by atoms with Crippen molar-refractivity contribution in [3.05, 3.63) is 30.6 Å². The maximum atomic E-state index is 12.2. The molecule has 0 spiro atoms. The first-order chi connectivity index (χ1) is 15.1. The number of anilines is 1. The van der Waals surface area contributed by atoms with Gasteiger partial charge in [-0.25, -0.2) is 18.4 Å². The lowest BCUT2D eigenvalue weighted by atomic mass is 10.1. The Morgan fingerprint density at radius 2 is 1.84 bits per heavy atom. The molecule has 3 heterocycles. The lowest BCUT2D eigenvalue weighted by molar-refractivity contribution is 0.200. The smallest absolute Gasteiger partial charge is 0.211 e. The fourth-order valence-electron chi connectivity index (χ4n) is 4.61. The molecule has 9 nitrogen and oxygen atoms in total. The van der Waals surface area contributed by atoms with Crippen LogP contribution in [0, 0.1) is 0 Å². The zero-order valence-corrected chi connectivity index (χ0v) is 19.6. The number of rotatable bonds is 5. The summed E-state index contributed by atoms with van der Waals surface area (Å²) in [5.41, 5.74) is 2.31. The van der Waals surface area contributed by atoms with Gasteiger partial charge in [0, 0.05) is 36.6 Å². The second kappa shape index (κ2) is 7.41. The summed E-state index contributed by atoms with van der Waals surface area (Å²) in [7, 11) is -3.26. The third kappa shape index (κ3) is 3.93. The highest BCUT2D eigenvalue weighted by atomic mass is 32.2. The summed E-state index contributed by atoms with van der Waals surface area (Å²) >= 11 is 0. The van der Waals surface area contributed by atoms with E-state index in [4.69, 9.17) is 4.74 Å². The van der Waals surface area contributed by atoms with Crippen LogP contribution >= 0.6 is 0 Å². The molecule has 2 aliphatic rings. The standard InChI is InChI=1S/C22H28N6O3S/c1-14-11-27(12-15(2)28(14)32(4,29)30)20-10-19(23-13-24-20)21-17-9-16(31-22(3)7-8-22)5-6-18(17)25-26-21/h5-6,9-10,13-15H,7-8,11-12H2,1-4H3,(H,25,26)/t14-,15+. The number of sulfonamides is 1. The first-order valence-corrected chi connectivity index (χ1v) is 12.7. The van der Waals surface area contributed by atoms with Gasteiger partial charge in [-0.15, -0.1) is 0 Å². The zero-order chi connectivity index (χ0) is 22.7. The molecule has 0 unspecified atom stereocenters. The molecule has 10 heteroatoms. The van der Waals surface area contributed by atoms with Crippen LogP contribution in [0.4, 0.5) is 5.82 Å². The molecule has 1 aliphatic heterocycles. The van der Waals surface area contributed by atoms with Crippen molar-refractivity contribution in [3.63, 3.8) is 0 Å². The summed E-state index contributed by atoms with van der Waals surface area (Å²) in [6, 6.07) is 7.56. The van der Waals surface area contributed by atoms with Gasteiger partial charge in [-0.3, -0.25) is 5.10 Å². The summed E-state index contributed by atoms with van der Waals surface area (Å²) in [5, 5.41) is 8.52. The normalized spacial score (nSPS) is 23.4. The molecule has 3 aromatic rings. The van der Waals surface area contributed by atoms with Gasteiger partial charge in [0.15, 0.2) is 0 Å². The fraction of sp³-hybridized carbons (Fsp3) is 0.500. The Morgan fingerprint density at radius 3 is 2.50 bits per heavy atom. The summed E-state index contributed by atoms with van der Waals surface area (Å²) in [4.78, 5) is 11.0. The molecule has 0 radical (unpaired) electrons. The Kier molecular flexibility index (Phi) is 4.90. The van der Waals surface area contributed by atoms with Crippen molar-refractivity contribution in [3.8, 4) is 17.1 Å². The number of aromatic amines is 1. The molecule has 1 aliphatic carbocycles. The van der Waals surface area contributed by atoms with E-state index in [0.717, 1.165) is 41.0 Å². The number of fused-ring (bicyclic) bond motifs is 1. The third-order valence-corrected chi connectivity index (χ3v) is 7.78. The van der Waals surface area contributed by atoms with Gasteiger partial charge in [-0.05, 0) is 51.8 Å². The van der Waals surface area contributed by atoms with Gasteiger partial charge in [0.2, 0.25) is 10.0 Å². The SMILES string of the molecule is C[C@@H]1CN(c2cc(-c3n[nH]c4ccc(OC5(C)CC5)cc34)ncn2)C[C@H](C)N1S(C)(=O)=O. The van der Waals surface area contributed by atoms with Gasteiger partial charge in [0.25, 0.3) is 0 Å². The summed E-state index contributed by atoms with van der Waals surface area (Å²) in [5.74, 6) is 1.59. The Hall–Kier alpha value is -2.72. The Labute approximate surface area is 187 Å². The lowest BCUT2D eigenvalue weighted by Gasteiger charge is -2.43. The number of nitrogens with zero attached hydrogens (tertiary/aromatic N) is 5. The molecular weight excluding hydrogens is 428 g/mol. The highest BCUT2D eigenvalue weighted by Gasteiger charge is 2.40. The van der Waals surface area contributed by atoms with Crippen molar-refractivity contribution in [1.29, 1.82) is 0 Å². The predicted octanol–water partition coefficient (Wildman–Crippen LogP) is 2.81. The van der Waals surface area contributed by atoms with Crippen LogP contribution in [0.3, 0.4) is 0 Å². The molecule has 1 N–H and O–H groups in total. The maximum absolute atomic E-state index is 12.2. The second-order valence-electron chi connectivity index (χ2n) is 9.29. The number of nitrogens with one attached hydrogen (secondary N) is 1. The minimum absolute atomic E-state index is 0.0544. The molecule has 2 aromatic heterocycles. The molecule has 0 bridgehead atoms. The van der Waals surface area contributed by atoms with Gasteiger partial charge in [0.05, 0.1) is 17.5 Å². The monoisotopic (exact) mass is 456 g/mol. The van der Waals surface area contributed by atoms with Gasteiger partial charge < -0.3 is 9.64 Å². The molecule has 32 heavy (non-hydrogen) atoms. The average Bonchev–Trinajstić information content (AvgIpc) is 3.29. The number of benzene rings is 1. The number of H-pyrrole nitrogens is 1. The van der Waals surface area contributed by atoms with E-state index in [9.17, 15) is 8.42 Å². The molecule has 1 saturated carbocycles. The van der Waals surface area contributed by atoms with Gasteiger partial charge in [-0.2, -0.15) is 9.40 Å². The van der Waals surface area contributed by atoms with E-state index in [2.05, 4.69) is 32.0 Å². The van der Waals surface area contributed by atoms with E-state index < -0.39 is 10.0 Å². The molecular formula is C22H28N6O3S. The largest absolute Gasteiger partial charge is 0.488 e. The second-order valence-corrected chi connectivity index (χ2v) is 11.2. The molecule has 2 atom stereocenters. The maximum Gasteiger partial charge on any atom is 0.211 e. The number of ether oxygens (including phenoxy) is 1. The van der Waals surface area contributed by atoms with Crippen molar-refractivity contribution in [1.82, 2.24) is 24.5 Å². The van der Waals surface area contributed by atoms with Crippen LogP contribution in [0.2, 0.25) is 0 Å². The highest BCUT2D eigenvalue weighted by molar-refractivity contribution is 7.88. The quantitative estimate of drug-likeness (QED) is 0.629. The number of piperazine rings is 1. The molecule has 1 saturated heterocycles. The molecule has 170 valence electrons. The summed E-state index contributed by atoms with van der Waals surface area (Å²) in [6.45, 7) is 7.09. The molecule has 5 rings (SSSR count). The summed E-state index contributed by atoms with van der Waals surface area (Å²) in [6.07, 6.45) is 4.95. The Bertz CT molecular complexity index is 1260. The fourth-order valence-corrected chi connectivity index (χ4v) is 6.05. The lowest BCUT2D eigenvalue weighted by Crippen LogP contribution is -2.58. The summed E-state index contributed by atoms with van der Waals surface area (Å²) < 4.78 is 32.0. The molecule has 0 amide bonds. The van der Waals surface area contributed by atoms with Crippen LogP contribution in [-0.2, 0) is 10.0 Å². The number of hydrogen-bond acceptors (Lipinski definition) is 7. The van der Waals surface area contributed by atoms with Crippen LogP contribution in [0.25, 0.3) is 22.3 Å². The van der Waals surface area contributed by atoms with Crippen LogP contribution in [0.5, 0.6) is 5.75 Å². The average molecular weight is 457 g/mol. The number of aromatic nitrogens is 4. The van der Waals surface area contributed by atoms with Gasteiger partial charge in [0.1, 0.15) is 29.2 Å². The van der Waals surface area contributed by atoms with Gasteiger partial charge >= 0.3 is 0 Å². The van der Waals surface area contributed by atoms with Crippen LogP contribution in [0.1, 0.15) is 33.6 Å². The van der Waals surface area contributed by atoms with E-state index in [1.165, 1.54) is 12.6 Å². The molecule has 2 fully saturated rings. The van der Waals surface area contributed by atoms with Crippen LogP contribution in [0.15, 0.2) is 30.6 Å². The van der Waals surface area contributed by atoms with Crippen LogP contribution < -0.4 is 9.64 Å². The Balaban J connectivity index is 1.44. The van der Waals surface area contributed by atoms with Gasteiger partial charge in [-0.1, -0.05) is 0 Å². The predicted molar refractivity (Wildman–Crippen MR) is 123 cm³/mol. The zero-order valence-electron chi connectivity index (χ0n) is 18.7. The van der Waals surface area contributed by atoms with E-state index in [1.54, 1.807) is 4.31 Å². The van der Waals surface area contributed by atoms with Crippen molar-refractivity contribution >= 4 is 26.7 Å². The van der Waals surface area contributed by atoms with E-state index in [1.807, 2.05) is 38.1 Å². The van der Waals surface area contributed by atoms with E-state index >= 15 is 0 Å². The van der Waals surface area contributed by atoms with E-state index in [0.29, 0.717) is 18.8 Å². The Morgan fingerprint density at radius 1 is 1.12 bits per heavy atom. The minimum Gasteiger partial charge on any atom is -0.488 e. The van der Waals surface area contributed by atoms with E-state index in [-0.39, 0.29) is 17.7 Å². The van der Waals surface area contributed by atoms with Crippen molar-refractivity contribution in [2.24, 2.45) is 0 Å². The third-order valence-electron chi connectivity index (χ3n) is 6.29. The minimum atomic E-state index is -3.26. The number of hydrogen-bond donors (Lipinski definition) is 1.